The van der Waals surface area contributed by atoms with Gasteiger partial charge in [-0.15, -0.1) is 0 Å². The van der Waals surface area contributed by atoms with Crippen molar-refractivity contribution in [2.45, 2.75) is 64.2 Å². The van der Waals surface area contributed by atoms with Gasteiger partial charge in [0.25, 0.3) is 0 Å². The fourth-order valence-corrected chi connectivity index (χ4v) is 3.10. The molecular weight excluding hydrogens is 198 g/mol. The van der Waals surface area contributed by atoms with E-state index in [-0.39, 0.29) is 0 Å². The standard InChI is InChI=1S/C14H25NO/c16-14(15-11-5-2-6-12-15)10-9-13-7-3-1-4-8-13/h13H,1-12H2. The van der Waals surface area contributed by atoms with E-state index in [4.69, 9.17) is 0 Å². The summed E-state index contributed by atoms with van der Waals surface area (Å²) in [5.74, 6) is 1.27. The first kappa shape index (κ1) is 11.9. The van der Waals surface area contributed by atoms with Crippen LogP contribution in [0.3, 0.4) is 0 Å². The van der Waals surface area contributed by atoms with E-state index in [1.54, 1.807) is 0 Å². The molecule has 92 valence electrons. The Balaban J connectivity index is 1.65. The molecule has 0 spiro atoms. The number of rotatable bonds is 3. The van der Waals surface area contributed by atoms with E-state index in [2.05, 4.69) is 4.90 Å². The van der Waals surface area contributed by atoms with Crippen LogP contribution in [-0.2, 0) is 4.79 Å². The first-order valence-electron chi connectivity index (χ1n) is 7.14. The molecule has 1 aliphatic heterocycles. The van der Waals surface area contributed by atoms with Gasteiger partial charge in [-0.25, -0.2) is 0 Å². The fraction of sp³-hybridized carbons (Fsp3) is 0.929. The number of hydrogen-bond donors (Lipinski definition) is 0. The molecule has 0 radical (unpaired) electrons. The van der Waals surface area contributed by atoms with Gasteiger partial charge in [0, 0.05) is 19.5 Å². The van der Waals surface area contributed by atoms with Crippen LogP contribution in [0.4, 0.5) is 0 Å². The first-order valence-corrected chi connectivity index (χ1v) is 7.14. The lowest BCUT2D eigenvalue weighted by Crippen LogP contribution is -2.35. The highest BCUT2D eigenvalue weighted by atomic mass is 16.2. The second kappa shape index (κ2) is 6.27. The minimum Gasteiger partial charge on any atom is -0.343 e. The van der Waals surface area contributed by atoms with Crippen molar-refractivity contribution in [3.63, 3.8) is 0 Å². The lowest BCUT2D eigenvalue weighted by molar-refractivity contribution is -0.132. The zero-order valence-corrected chi connectivity index (χ0v) is 10.4. The summed E-state index contributed by atoms with van der Waals surface area (Å²) >= 11 is 0. The maximum Gasteiger partial charge on any atom is 0.222 e. The van der Waals surface area contributed by atoms with Crippen LogP contribution in [0, 0.1) is 5.92 Å². The Bertz CT molecular complexity index is 215. The number of nitrogens with zero attached hydrogens (tertiary/aromatic N) is 1. The maximum absolute atomic E-state index is 12.0. The quantitative estimate of drug-likeness (QED) is 0.718. The molecule has 16 heavy (non-hydrogen) atoms. The Labute approximate surface area is 99.4 Å². The van der Waals surface area contributed by atoms with Crippen molar-refractivity contribution in [1.82, 2.24) is 4.90 Å². The van der Waals surface area contributed by atoms with Gasteiger partial charge in [-0.1, -0.05) is 32.1 Å². The van der Waals surface area contributed by atoms with Gasteiger partial charge >= 0.3 is 0 Å². The van der Waals surface area contributed by atoms with Crippen molar-refractivity contribution >= 4 is 5.91 Å². The van der Waals surface area contributed by atoms with Crippen LogP contribution in [0.15, 0.2) is 0 Å². The summed E-state index contributed by atoms with van der Waals surface area (Å²) in [6.07, 6.45) is 12.6. The number of likely N-dealkylation sites (tertiary alicyclic amines) is 1. The topological polar surface area (TPSA) is 20.3 Å². The molecule has 2 fully saturated rings. The average Bonchev–Trinajstić information content (AvgIpc) is 2.38. The number of carbonyl (C=O) groups excluding carboxylic acids is 1. The predicted octanol–water partition coefficient (Wildman–Crippen LogP) is 3.36. The Morgan fingerprint density at radius 2 is 1.56 bits per heavy atom. The zero-order chi connectivity index (χ0) is 11.2. The van der Waals surface area contributed by atoms with Crippen LogP contribution in [-0.4, -0.2) is 23.9 Å². The smallest absolute Gasteiger partial charge is 0.222 e. The van der Waals surface area contributed by atoms with Crippen LogP contribution in [0.2, 0.25) is 0 Å². The molecule has 2 nitrogen and oxygen atoms in total. The Morgan fingerprint density at radius 3 is 2.25 bits per heavy atom. The zero-order valence-electron chi connectivity index (χ0n) is 10.4. The van der Waals surface area contributed by atoms with Gasteiger partial charge < -0.3 is 4.90 Å². The van der Waals surface area contributed by atoms with Crippen molar-refractivity contribution in [2.75, 3.05) is 13.1 Å². The van der Waals surface area contributed by atoms with Crippen molar-refractivity contribution in [3.8, 4) is 0 Å². The monoisotopic (exact) mass is 223 g/mol. The van der Waals surface area contributed by atoms with E-state index in [9.17, 15) is 4.79 Å². The van der Waals surface area contributed by atoms with Crippen molar-refractivity contribution in [3.05, 3.63) is 0 Å². The van der Waals surface area contributed by atoms with Gasteiger partial charge in [-0.2, -0.15) is 0 Å². The van der Waals surface area contributed by atoms with Gasteiger partial charge in [0.1, 0.15) is 0 Å². The summed E-state index contributed by atoms with van der Waals surface area (Å²) in [7, 11) is 0. The summed E-state index contributed by atoms with van der Waals surface area (Å²) in [4.78, 5) is 14.1. The van der Waals surface area contributed by atoms with E-state index in [0.29, 0.717) is 5.91 Å². The van der Waals surface area contributed by atoms with Gasteiger partial charge in [-0.05, 0) is 31.6 Å². The molecule has 0 aromatic carbocycles. The van der Waals surface area contributed by atoms with Gasteiger partial charge in [0.15, 0.2) is 0 Å². The van der Waals surface area contributed by atoms with Crippen molar-refractivity contribution < 1.29 is 4.79 Å². The molecule has 1 saturated heterocycles. The van der Waals surface area contributed by atoms with Crippen molar-refractivity contribution in [1.29, 1.82) is 0 Å². The maximum atomic E-state index is 12.0. The van der Waals surface area contributed by atoms with Crippen molar-refractivity contribution in [2.24, 2.45) is 5.92 Å². The summed E-state index contributed by atoms with van der Waals surface area (Å²) in [6.45, 7) is 2.03. The molecule has 0 N–H and O–H groups in total. The normalized spacial score (nSPS) is 23.4. The van der Waals surface area contributed by atoms with Crippen LogP contribution < -0.4 is 0 Å². The Morgan fingerprint density at radius 1 is 0.938 bits per heavy atom. The molecule has 2 aliphatic rings. The summed E-state index contributed by atoms with van der Waals surface area (Å²) < 4.78 is 0. The highest BCUT2D eigenvalue weighted by Crippen LogP contribution is 2.27. The minimum atomic E-state index is 0.422. The molecule has 1 heterocycles. The molecule has 1 saturated carbocycles. The van der Waals surface area contributed by atoms with Gasteiger partial charge in [0.2, 0.25) is 5.91 Å². The van der Waals surface area contributed by atoms with E-state index in [1.165, 1.54) is 51.4 Å². The third kappa shape index (κ3) is 3.50. The van der Waals surface area contributed by atoms with Crippen LogP contribution in [0.5, 0.6) is 0 Å². The molecule has 0 aromatic rings. The second-order valence-corrected chi connectivity index (χ2v) is 5.48. The third-order valence-electron chi connectivity index (χ3n) is 4.20. The number of piperidine rings is 1. The van der Waals surface area contributed by atoms with E-state index >= 15 is 0 Å². The fourth-order valence-electron chi connectivity index (χ4n) is 3.10. The Hall–Kier alpha value is -0.530. The summed E-state index contributed by atoms with van der Waals surface area (Å²) in [5.41, 5.74) is 0. The number of hydrogen-bond acceptors (Lipinski definition) is 1. The molecule has 0 bridgehead atoms. The van der Waals surface area contributed by atoms with Gasteiger partial charge in [0.05, 0.1) is 0 Å². The molecule has 0 atom stereocenters. The van der Waals surface area contributed by atoms with E-state index in [1.807, 2.05) is 0 Å². The number of carbonyl (C=O) groups is 1. The lowest BCUT2D eigenvalue weighted by atomic mass is 9.86. The largest absolute Gasteiger partial charge is 0.343 e. The minimum absolute atomic E-state index is 0.422. The number of amides is 1. The summed E-state index contributed by atoms with van der Waals surface area (Å²) in [6, 6.07) is 0. The molecule has 0 aromatic heterocycles. The highest BCUT2D eigenvalue weighted by Gasteiger charge is 2.19. The second-order valence-electron chi connectivity index (χ2n) is 5.48. The lowest BCUT2D eigenvalue weighted by Gasteiger charge is -2.28. The molecule has 0 unspecified atom stereocenters. The van der Waals surface area contributed by atoms with E-state index in [0.717, 1.165) is 31.8 Å². The predicted molar refractivity (Wildman–Crippen MR) is 66.2 cm³/mol. The van der Waals surface area contributed by atoms with Crippen LogP contribution in [0.1, 0.15) is 64.2 Å². The molecule has 2 heteroatoms. The first-order chi connectivity index (χ1) is 7.86. The van der Waals surface area contributed by atoms with Gasteiger partial charge in [-0.3, -0.25) is 4.79 Å². The molecular formula is C14H25NO. The molecule has 2 rings (SSSR count). The van der Waals surface area contributed by atoms with E-state index < -0.39 is 0 Å². The van der Waals surface area contributed by atoms with Crippen LogP contribution in [0.25, 0.3) is 0 Å². The molecule has 1 aliphatic carbocycles. The average molecular weight is 223 g/mol. The Kier molecular flexibility index (Phi) is 4.68. The van der Waals surface area contributed by atoms with Crippen LogP contribution >= 0.6 is 0 Å². The SMILES string of the molecule is O=C(CCC1CCCCC1)N1CCCCC1. The summed E-state index contributed by atoms with van der Waals surface area (Å²) in [5, 5.41) is 0. The highest BCUT2D eigenvalue weighted by molar-refractivity contribution is 5.76. The third-order valence-corrected chi connectivity index (χ3v) is 4.20. The molecule has 1 amide bonds.